The molecule has 28 heavy (non-hydrogen) atoms. The molecule has 0 spiro atoms. The summed E-state index contributed by atoms with van der Waals surface area (Å²) in [4.78, 5) is 4.11. The van der Waals surface area contributed by atoms with Crippen LogP contribution in [-0.2, 0) is 22.4 Å². The Kier molecular flexibility index (Phi) is 6.99. The number of pyridine rings is 1. The minimum atomic E-state index is -2.10. The van der Waals surface area contributed by atoms with E-state index in [1.807, 2.05) is 12.1 Å². The molecule has 0 saturated carbocycles. The standard InChI is InChI=1S/C25H19NP.Au/c1-4-10-23(11-5-1)27(24-12-6-2-7-13-24,25-14-8-3-9-15-25)21-18-22-16-19-26-20-17-22;/h1-17,19-20H;/q+1;. The number of rotatable bonds is 3. The number of nitrogens with zero attached hydrogens (tertiary/aromatic N) is 1. The maximum atomic E-state index is 4.11. The number of aromatic nitrogens is 1. The van der Waals surface area contributed by atoms with Gasteiger partial charge in [0.2, 0.25) is 0 Å². The van der Waals surface area contributed by atoms with Crippen molar-refractivity contribution in [1.29, 1.82) is 0 Å². The SMILES string of the molecule is C(#C[P+](c1ccccc1)(c1ccccc1)c1ccccc1)c1ccncc1.[Au]. The minimum absolute atomic E-state index is 0. The third kappa shape index (κ3) is 4.17. The Labute approximate surface area is 182 Å². The van der Waals surface area contributed by atoms with Crippen LogP contribution in [0.4, 0.5) is 0 Å². The molecule has 0 bridgehead atoms. The van der Waals surface area contributed by atoms with E-state index in [2.05, 4.69) is 108 Å². The molecule has 4 aromatic rings. The molecule has 0 saturated heterocycles. The van der Waals surface area contributed by atoms with E-state index in [-0.39, 0.29) is 22.4 Å². The van der Waals surface area contributed by atoms with Crippen molar-refractivity contribution in [1.82, 2.24) is 4.98 Å². The van der Waals surface area contributed by atoms with Crippen LogP contribution in [0.15, 0.2) is 116 Å². The van der Waals surface area contributed by atoms with Crippen LogP contribution in [0.1, 0.15) is 5.56 Å². The first-order chi connectivity index (χ1) is 13.4. The van der Waals surface area contributed by atoms with Gasteiger partial charge in [-0.1, -0.05) is 54.6 Å². The molecule has 1 heterocycles. The van der Waals surface area contributed by atoms with Gasteiger partial charge < -0.3 is 0 Å². The van der Waals surface area contributed by atoms with Gasteiger partial charge in [0.15, 0.2) is 7.26 Å². The van der Waals surface area contributed by atoms with Gasteiger partial charge in [-0.25, -0.2) is 0 Å². The number of benzene rings is 3. The molecule has 0 unspecified atom stereocenters. The fourth-order valence-corrected chi connectivity index (χ4v) is 6.62. The summed E-state index contributed by atoms with van der Waals surface area (Å²) in [5.41, 5.74) is 4.72. The van der Waals surface area contributed by atoms with E-state index in [1.54, 1.807) is 12.4 Å². The van der Waals surface area contributed by atoms with Crippen LogP contribution in [0.2, 0.25) is 0 Å². The van der Waals surface area contributed by atoms with Gasteiger partial charge in [-0.15, -0.1) is 0 Å². The zero-order valence-corrected chi connectivity index (χ0v) is 18.2. The van der Waals surface area contributed by atoms with Crippen LogP contribution in [0.5, 0.6) is 0 Å². The normalized spacial score (nSPS) is 10.3. The molecule has 0 atom stereocenters. The Morgan fingerprint density at radius 2 is 0.929 bits per heavy atom. The molecule has 0 N–H and O–H groups in total. The van der Waals surface area contributed by atoms with Crippen LogP contribution in [0, 0.1) is 11.6 Å². The fraction of sp³-hybridized carbons (Fsp3) is 0. The molecule has 0 aliphatic heterocycles. The van der Waals surface area contributed by atoms with Crippen molar-refractivity contribution in [3.8, 4) is 11.6 Å². The van der Waals surface area contributed by atoms with E-state index in [0.717, 1.165) is 5.56 Å². The summed E-state index contributed by atoms with van der Waals surface area (Å²) in [7, 11) is -2.10. The van der Waals surface area contributed by atoms with Gasteiger partial charge in [0.05, 0.1) is 5.66 Å². The quantitative estimate of drug-likeness (QED) is 0.206. The van der Waals surface area contributed by atoms with Gasteiger partial charge in [0.25, 0.3) is 0 Å². The van der Waals surface area contributed by atoms with E-state index in [9.17, 15) is 0 Å². The predicted molar refractivity (Wildman–Crippen MR) is 116 cm³/mol. The number of hydrogen-bond acceptors (Lipinski definition) is 1. The molecule has 0 aliphatic rings. The third-order valence-electron chi connectivity index (χ3n) is 4.48. The Bertz CT molecular complexity index is 960. The van der Waals surface area contributed by atoms with Crippen molar-refractivity contribution in [3.63, 3.8) is 0 Å². The summed E-state index contributed by atoms with van der Waals surface area (Å²) in [6, 6.07) is 35.9. The second-order valence-corrected chi connectivity index (χ2v) is 9.26. The zero-order valence-electron chi connectivity index (χ0n) is 15.2. The molecule has 3 aromatic carbocycles. The Morgan fingerprint density at radius 1 is 0.536 bits per heavy atom. The maximum absolute atomic E-state index is 4.11. The monoisotopic (exact) mass is 561 g/mol. The Morgan fingerprint density at radius 3 is 1.32 bits per heavy atom. The van der Waals surface area contributed by atoms with Crippen LogP contribution in [0.25, 0.3) is 0 Å². The minimum Gasteiger partial charge on any atom is -0.265 e. The topological polar surface area (TPSA) is 12.9 Å². The summed E-state index contributed by atoms with van der Waals surface area (Å²) in [5.74, 6) is 3.44. The van der Waals surface area contributed by atoms with Gasteiger partial charge >= 0.3 is 0 Å². The van der Waals surface area contributed by atoms with Crippen molar-refractivity contribution >= 4 is 23.2 Å². The first-order valence-corrected chi connectivity index (χ1v) is 10.7. The van der Waals surface area contributed by atoms with Gasteiger partial charge in [-0.3, -0.25) is 4.98 Å². The summed E-state index contributed by atoms with van der Waals surface area (Å²) >= 11 is 0. The third-order valence-corrected chi connectivity index (χ3v) is 8.14. The van der Waals surface area contributed by atoms with Crippen molar-refractivity contribution in [3.05, 3.63) is 121 Å². The summed E-state index contributed by atoms with van der Waals surface area (Å²) < 4.78 is 0. The predicted octanol–water partition coefficient (Wildman–Crippen LogP) is 4.38. The molecular formula is C25H19AuNP+. The van der Waals surface area contributed by atoms with Crippen molar-refractivity contribution in [2.75, 3.05) is 0 Å². The molecule has 1 aromatic heterocycles. The average molecular weight is 561 g/mol. The molecule has 1 nitrogen and oxygen atoms in total. The molecule has 139 valence electrons. The summed E-state index contributed by atoms with van der Waals surface area (Å²) in [6.45, 7) is 0. The Balaban J connectivity index is 0.00000225. The average Bonchev–Trinajstić information content (AvgIpc) is 2.77. The van der Waals surface area contributed by atoms with Crippen molar-refractivity contribution in [2.24, 2.45) is 0 Å². The van der Waals surface area contributed by atoms with E-state index in [1.165, 1.54) is 15.9 Å². The molecular weight excluding hydrogens is 542 g/mol. The molecule has 0 amide bonds. The summed E-state index contributed by atoms with van der Waals surface area (Å²) in [6.07, 6.45) is 3.58. The van der Waals surface area contributed by atoms with E-state index in [4.69, 9.17) is 0 Å². The molecule has 0 aliphatic carbocycles. The first-order valence-electron chi connectivity index (χ1n) is 8.89. The van der Waals surface area contributed by atoms with Gasteiger partial charge in [-0.05, 0) is 54.5 Å². The second kappa shape index (κ2) is 9.65. The van der Waals surface area contributed by atoms with Crippen molar-refractivity contribution < 1.29 is 22.4 Å². The smallest absolute Gasteiger partial charge is 0.189 e. The van der Waals surface area contributed by atoms with E-state index >= 15 is 0 Å². The zero-order chi connectivity index (χ0) is 18.4. The first kappa shape index (κ1) is 20.3. The number of hydrogen-bond donors (Lipinski definition) is 0. The molecule has 0 fully saturated rings. The van der Waals surface area contributed by atoms with Crippen LogP contribution in [-0.4, -0.2) is 4.98 Å². The summed E-state index contributed by atoms with van der Waals surface area (Å²) in [5, 5.41) is 3.80. The Hall–Kier alpha value is -2.46. The maximum Gasteiger partial charge on any atom is 0.189 e. The molecule has 3 heteroatoms. The van der Waals surface area contributed by atoms with E-state index < -0.39 is 7.26 Å². The van der Waals surface area contributed by atoms with Crippen LogP contribution in [0.3, 0.4) is 0 Å². The van der Waals surface area contributed by atoms with Gasteiger partial charge in [0.1, 0.15) is 15.9 Å². The van der Waals surface area contributed by atoms with Gasteiger partial charge in [0, 0.05) is 40.3 Å². The van der Waals surface area contributed by atoms with Crippen LogP contribution < -0.4 is 15.9 Å². The van der Waals surface area contributed by atoms with Crippen molar-refractivity contribution in [2.45, 2.75) is 0 Å². The van der Waals surface area contributed by atoms with Gasteiger partial charge in [-0.2, -0.15) is 0 Å². The molecule has 4 rings (SSSR count). The largest absolute Gasteiger partial charge is 0.265 e. The second-order valence-electron chi connectivity index (χ2n) is 6.15. The fourth-order valence-electron chi connectivity index (χ4n) is 3.18. The molecule has 1 radical (unpaired) electrons. The van der Waals surface area contributed by atoms with Crippen LogP contribution >= 0.6 is 7.26 Å². The van der Waals surface area contributed by atoms with E-state index in [0.29, 0.717) is 0 Å².